The van der Waals surface area contributed by atoms with Crippen LogP contribution in [0.3, 0.4) is 0 Å². The van der Waals surface area contributed by atoms with E-state index in [4.69, 9.17) is 28.1 Å². The van der Waals surface area contributed by atoms with E-state index < -0.39 is 6.04 Å². The first-order valence-corrected chi connectivity index (χ1v) is 9.51. The number of rotatable bonds is 4. The minimum absolute atomic E-state index is 0.0526. The number of aromatic nitrogens is 4. The average Bonchev–Trinajstić information content (AvgIpc) is 2.66. The number of hydrogen-bond acceptors (Lipinski definition) is 8. The predicted molar refractivity (Wildman–Crippen MR) is 110 cm³/mol. The second-order valence-corrected chi connectivity index (χ2v) is 7.53. The second kappa shape index (κ2) is 7.31. The summed E-state index contributed by atoms with van der Waals surface area (Å²) in [7, 11) is 0. The van der Waals surface area contributed by atoms with Crippen molar-refractivity contribution in [2.45, 2.75) is 37.9 Å². The van der Waals surface area contributed by atoms with Gasteiger partial charge in [-0.2, -0.15) is 5.26 Å². The molecule has 10 heteroatoms. The number of nitrogens with zero attached hydrogens (tertiary/aromatic N) is 5. The predicted octanol–water partition coefficient (Wildman–Crippen LogP) is 2.13. The van der Waals surface area contributed by atoms with Crippen LogP contribution in [0.4, 0.5) is 11.6 Å². The van der Waals surface area contributed by atoms with Crippen LogP contribution in [0.15, 0.2) is 29.3 Å². The summed E-state index contributed by atoms with van der Waals surface area (Å²) in [6.45, 7) is 1.84. The fraction of sp³-hybridized carbons (Fsp3) is 0.316. The van der Waals surface area contributed by atoms with Gasteiger partial charge in [-0.25, -0.2) is 15.0 Å². The van der Waals surface area contributed by atoms with Crippen LogP contribution < -0.4 is 22.3 Å². The van der Waals surface area contributed by atoms with Crippen LogP contribution in [-0.2, 0) is 0 Å². The Hall–Kier alpha value is -3.22. The molecule has 148 valence electrons. The van der Waals surface area contributed by atoms with Gasteiger partial charge in [0, 0.05) is 12.1 Å². The molecular formula is C19H19ClN8O. The zero-order valence-electron chi connectivity index (χ0n) is 15.6. The maximum atomic E-state index is 13.3. The highest BCUT2D eigenvalue weighted by atomic mass is 35.5. The maximum Gasteiger partial charge on any atom is 0.263 e. The van der Waals surface area contributed by atoms with Crippen LogP contribution in [0, 0.1) is 11.3 Å². The van der Waals surface area contributed by atoms with E-state index in [9.17, 15) is 10.1 Å². The molecule has 1 aliphatic rings. The molecule has 5 N–H and O–H groups in total. The zero-order chi connectivity index (χ0) is 20.7. The van der Waals surface area contributed by atoms with Crippen molar-refractivity contribution < 1.29 is 0 Å². The molecule has 1 atom stereocenters. The molecule has 0 amide bonds. The summed E-state index contributed by atoms with van der Waals surface area (Å²) in [5, 5.41) is 13.3. The number of benzene rings is 1. The summed E-state index contributed by atoms with van der Waals surface area (Å²) in [6.07, 6.45) is 2.64. The third-order valence-electron chi connectivity index (χ3n) is 5.15. The lowest BCUT2D eigenvalue weighted by molar-refractivity contribution is 0.252. The van der Waals surface area contributed by atoms with E-state index in [1.54, 1.807) is 22.8 Å². The Kier molecular flexibility index (Phi) is 4.82. The Labute approximate surface area is 171 Å². The zero-order valence-corrected chi connectivity index (χ0v) is 16.4. The topological polar surface area (TPSA) is 149 Å². The first-order chi connectivity index (χ1) is 13.9. The molecule has 9 nitrogen and oxygen atoms in total. The van der Waals surface area contributed by atoms with Gasteiger partial charge < -0.3 is 16.8 Å². The van der Waals surface area contributed by atoms with Crippen molar-refractivity contribution in [1.29, 1.82) is 5.26 Å². The van der Waals surface area contributed by atoms with Crippen molar-refractivity contribution in [1.82, 2.24) is 19.5 Å². The van der Waals surface area contributed by atoms with E-state index >= 15 is 0 Å². The number of nitriles is 1. The summed E-state index contributed by atoms with van der Waals surface area (Å²) in [5.74, 6) is 0.880. The van der Waals surface area contributed by atoms with Gasteiger partial charge in [-0.05, 0) is 31.9 Å². The Bertz CT molecular complexity index is 1200. The number of nitrogens with one attached hydrogen (secondary N) is 1. The number of fused-ring (bicyclic) bond motifs is 1. The Morgan fingerprint density at radius 2 is 2.14 bits per heavy atom. The van der Waals surface area contributed by atoms with Gasteiger partial charge in [-0.1, -0.05) is 17.7 Å². The lowest BCUT2D eigenvalue weighted by Crippen LogP contribution is -2.43. The van der Waals surface area contributed by atoms with Crippen molar-refractivity contribution in [3.8, 4) is 6.07 Å². The van der Waals surface area contributed by atoms with Crippen LogP contribution in [0.1, 0.15) is 43.2 Å². The van der Waals surface area contributed by atoms with E-state index in [0.717, 1.165) is 0 Å². The van der Waals surface area contributed by atoms with Crippen molar-refractivity contribution >= 4 is 34.1 Å². The van der Waals surface area contributed by atoms with Gasteiger partial charge in [0.2, 0.25) is 0 Å². The van der Waals surface area contributed by atoms with E-state index in [1.807, 2.05) is 13.0 Å². The molecule has 3 aromatic rings. The van der Waals surface area contributed by atoms with Gasteiger partial charge in [-0.3, -0.25) is 9.36 Å². The van der Waals surface area contributed by atoms with Gasteiger partial charge in [0.25, 0.3) is 5.56 Å². The van der Waals surface area contributed by atoms with Crippen molar-refractivity contribution in [2.75, 3.05) is 11.1 Å². The minimum atomic E-state index is -0.440. The van der Waals surface area contributed by atoms with E-state index in [1.165, 1.54) is 6.33 Å². The first-order valence-electron chi connectivity index (χ1n) is 9.14. The Morgan fingerprint density at radius 1 is 1.38 bits per heavy atom. The molecule has 0 spiro atoms. The van der Waals surface area contributed by atoms with Crippen LogP contribution in [0.2, 0.25) is 5.02 Å². The molecule has 1 aromatic carbocycles. The van der Waals surface area contributed by atoms with E-state index in [2.05, 4.69) is 15.3 Å². The molecule has 1 fully saturated rings. The Morgan fingerprint density at radius 3 is 2.83 bits per heavy atom. The molecule has 0 saturated heterocycles. The maximum absolute atomic E-state index is 13.3. The van der Waals surface area contributed by atoms with Crippen molar-refractivity contribution in [3.05, 3.63) is 51.3 Å². The van der Waals surface area contributed by atoms with Gasteiger partial charge in [0.05, 0.1) is 22.0 Å². The van der Waals surface area contributed by atoms with Crippen LogP contribution in [0.5, 0.6) is 0 Å². The number of hydrogen-bond donors (Lipinski definition) is 3. The molecule has 29 heavy (non-hydrogen) atoms. The molecule has 0 bridgehead atoms. The van der Waals surface area contributed by atoms with Crippen LogP contribution in [-0.4, -0.2) is 25.6 Å². The monoisotopic (exact) mass is 410 g/mol. The fourth-order valence-electron chi connectivity index (χ4n) is 3.61. The highest BCUT2D eigenvalue weighted by Gasteiger charge is 2.32. The molecular weight excluding hydrogens is 392 g/mol. The van der Waals surface area contributed by atoms with Crippen LogP contribution in [0.25, 0.3) is 10.9 Å². The van der Waals surface area contributed by atoms with Crippen molar-refractivity contribution in [2.24, 2.45) is 5.73 Å². The molecule has 2 heterocycles. The molecule has 2 aromatic heterocycles. The van der Waals surface area contributed by atoms with Gasteiger partial charge >= 0.3 is 0 Å². The summed E-state index contributed by atoms with van der Waals surface area (Å²) in [6, 6.07) is 6.73. The lowest BCUT2D eigenvalue weighted by Gasteiger charge is -2.36. The van der Waals surface area contributed by atoms with E-state index in [-0.39, 0.29) is 34.8 Å². The molecule has 0 aliphatic heterocycles. The summed E-state index contributed by atoms with van der Waals surface area (Å²) >= 11 is 6.29. The minimum Gasteiger partial charge on any atom is -0.382 e. The smallest absolute Gasteiger partial charge is 0.263 e. The fourth-order valence-corrected chi connectivity index (χ4v) is 3.86. The number of halogens is 1. The number of nitrogens with two attached hydrogens (primary N) is 2. The summed E-state index contributed by atoms with van der Waals surface area (Å²) in [4.78, 5) is 26.0. The largest absolute Gasteiger partial charge is 0.382 e. The number of nitrogen functional groups attached to an aromatic ring is 1. The average molecular weight is 411 g/mol. The summed E-state index contributed by atoms with van der Waals surface area (Å²) < 4.78 is 1.66. The van der Waals surface area contributed by atoms with Gasteiger partial charge in [0.1, 0.15) is 35.4 Å². The third kappa shape index (κ3) is 3.26. The SMILES string of the molecule is C[C@H](Nc1ncnc(N)c1C#N)c1nc2cccc(Cl)c2c(=O)n1C1CC(N)C1. The molecule has 1 aliphatic carbocycles. The second-order valence-electron chi connectivity index (χ2n) is 7.12. The molecule has 4 rings (SSSR count). The van der Waals surface area contributed by atoms with E-state index in [0.29, 0.717) is 34.6 Å². The van der Waals surface area contributed by atoms with Gasteiger partial charge in [-0.15, -0.1) is 0 Å². The van der Waals surface area contributed by atoms with Crippen molar-refractivity contribution in [3.63, 3.8) is 0 Å². The lowest BCUT2D eigenvalue weighted by atomic mass is 9.87. The standard InChI is InChI=1S/C19H19ClN8O/c1-9(26-17-12(7-21)16(23)24-8-25-17)18-27-14-4-2-3-13(20)15(14)19(29)28(18)11-5-10(22)6-11/h2-4,8-11H,5-6,22H2,1H3,(H3,23,24,25,26)/t9-,10?,11?/m0/s1. The van der Waals surface area contributed by atoms with Gasteiger partial charge in [0.15, 0.2) is 0 Å². The highest BCUT2D eigenvalue weighted by molar-refractivity contribution is 6.35. The number of anilines is 2. The Balaban J connectivity index is 1.84. The molecule has 0 radical (unpaired) electrons. The van der Waals surface area contributed by atoms with Crippen LogP contribution >= 0.6 is 11.6 Å². The normalized spacial score (nSPS) is 19.4. The third-order valence-corrected chi connectivity index (χ3v) is 5.46. The summed E-state index contributed by atoms with van der Waals surface area (Å²) in [5.41, 5.74) is 12.2. The highest BCUT2D eigenvalue weighted by Crippen LogP contribution is 2.33. The quantitative estimate of drug-likeness (QED) is 0.592. The molecule has 1 saturated carbocycles. The molecule has 0 unspecified atom stereocenters. The first kappa shape index (κ1) is 19.1.